The smallest absolute Gasteiger partial charge is 0.337 e. The fourth-order valence-corrected chi connectivity index (χ4v) is 3.02. The molecule has 0 aliphatic carbocycles. The Morgan fingerprint density at radius 3 is 2.24 bits per heavy atom. The third-order valence-corrected chi connectivity index (χ3v) is 4.70. The van der Waals surface area contributed by atoms with Crippen LogP contribution in [0.25, 0.3) is 0 Å². The summed E-state index contributed by atoms with van der Waals surface area (Å²) in [6.45, 7) is 1.46. The molecule has 9 nitrogen and oxygen atoms in total. The average Bonchev–Trinajstić information content (AvgIpc) is 2.81. The summed E-state index contributed by atoms with van der Waals surface area (Å²) >= 11 is 0. The zero-order chi connectivity index (χ0) is 24.2. The molecule has 0 unspecified atom stereocenters. The van der Waals surface area contributed by atoms with Gasteiger partial charge in [-0.15, -0.1) is 0 Å². The Bertz CT molecular complexity index is 945. The van der Waals surface area contributed by atoms with Crippen molar-refractivity contribution in [2.45, 2.75) is 44.9 Å². The zero-order valence-corrected chi connectivity index (χ0v) is 18.6. The lowest BCUT2D eigenvalue weighted by Gasteiger charge is -2.22. The molecule has 0 fully saturated rings. The van der Waals surface area contributed by atoms with E-state index < -0.39 is 24.0 Å². The van der Waals surface area contributed by atoms with Crippen LogP contribution < -0.4 is 10.6 Å². The Labute approximate surface area is 192 Å². The number of carbonyl (C=O) groups is 4. The summed E-state index contributed by atoms with van der Waals surface area (Å²) in [6, 6.07) is 14.6. The van der Waals surface area contributed by atoms with E-state index in [2.05, 4.69) is 15.4 Å². The van der Waals surface area contributed by atoms with Crippen molar-refractivity contribution in [1.82, 2.24) is 5.32 Å². The molecule has 0 aliphatic rings. The molecule has 3 N–H and O–H groups in total. The molecular weight excluding hydrogens is 428 g/mol. The molecule has 2 aromatic carbocycles. The van der Waals surface area contributed by atoms with Gasteiger partial charge in [0.1, 0.15) is 6.61 Å². The first-order chi connectivity index (χ1) is 15.8. The highest BCUT2D eigenvalue weighted by molar-refractivity contribution is 5.91. The molecule has 0 bridgehead atoms. The highest BCUT2D eigenvalue weighted by Gasteiger charge is 2.29. The quantitative estimate of drug-likeness (QED) is 0.442. The number of carbonyl (C=O) groups excluding carboxylic acids is 4. The second-order valence-corrected chi connectivity index (χ2v) is 7.32. The lowest BCUT2D eigenvalue weighted by molar-refractivity contribution is -0.152. The fraction of sp³-hybridized carbons (Fsp3) is 0.333. The Hall–Kier alpha value is -3.72. The van der Waals surface area contributed by atoms with Crippen LogP contribution in [-0.4, -0.2) is 42.1 Å². The highest BCUT2D eigenvalue weighted by Crippen LogP contribution is 2.21. The number of benzene rings is 2. The molecule has 2 atom stereocenters. The molecule has 0 saturated heterocycles. The van der Waals surface area contributed by atoms with Crippen LogP contribution in [0.1, 0.15) is 43.4 Å². The van der Waals surface area contributed by atoms with Crippen molar-refractivity contribution in [3.63, 3.8) is 0 Å². The Morgan fingerprint density at radius 2 is 1.64 bits per heavy atom. The van der Waals surface area contributed by atoms with Crippen molar-refractivity contribution in [2.24, 2.45) is 0 Å². The number of amides is 2. The van der Waals surface area contributed by atoms with Gasteiger partial charge in [0.05, 0.1) is 13.2 Å². The van der Waals surface area contributed by atoms with Gasteiger partial charge < -0.3 is 25.2 Å². The van der Waals surface area contributed by atoms with E-state index in [0.29, 0.717) is 17.7 Å². The van der Waals surface area contributed by atoms with E-state index >= 15 is 0 Å². The van der Waals surface area contributed by atoms with Crippen LogP contribution >= 0.6 is 0 Å². The normalized spacial score (nSPS) is 12.2. The van der Waals surface area contributed by atoms with Gasteiger partial charge in [0.15, 0.2) is 6.10 Å². The number of methoxy groups -OCH3 is 1. The van der Waals surface area contributed by atoms with Crippen LogP contribution in [0.2, 0.25) is 0 Å². The number of hydrogen-bond donors (Lipinski definition) is 3. The third-order valence-electron chi connectivity index (χ3n) is 4.70. The van der Waals surface area contributed by atoms with Gasteiger partial charge in [0.25, 0.3) is 0 Å². The van der Waals surface area contributed by atoms with E-state index in [1.807, 2.05) is 30.3 Å². The van der Waals surface area contributed by atoms with Crippen molar-refractivity contribution < 1.29 is 33.8 Å². The van der Waals surface area contributed by atoms with Crippen LogP contribution in [-0.2, 0) is 35.3 Å². The van der Waals surface area contributed by atoms with Crippen LogP contribution in [0, 0.1) is 0 Å². The van der Waals surface area contributed by atoms with Crippen LogP contribution in [0.15, 0.2) is 54.6 Å². The zero-order valence-electron chi connectivity index (χ0n) is 18.6. The molecule has 0 saturated carbocycles. The van der Waals surface area contributed by atoms with Crippen LogP contribution in [0.3, 0.4) is 0 Å². The molecule has 2 amide bonds. The van der Waals surface area contributed by atoms with Crippen molar-refractivity contribution in [1.29, 1.82) is 0 Å². The maximum atomic E-state index is 12.2. The number of aliphatic hydroxyl groups excluding tert-OH is 1. The molecule has 0 heterocycles. The number of anilines is 1. The van der Waals surface area contributed by atoms with Gasteiger partial charge in [-0.05, 0) is 29.7 Å². The fourth-order valence-electron chi connectivity index (χ4n) is 3.02. The van der Waals surface area contributed by atoms with Gasteiger partial charge in [-0.25, -0.2) is 4.79 Å². The second-order valence-electron chi connectivity index (χ2n) is 7.32. The Kier molecular flexibility index (Phi) is 10.0. The second kappa shape index (κ2) is 13.0. The van der Waals surface area contributed by atoms with E-state index in [0.717, 1.165) is 12.7 Å². The van der Waals surface area contributed by atoms with E-state index in [-0.39, 0.29) is 31.3 Å². The largest absolute Gasteiger partial charge is 0.467 e. The van der Waals surface area contributed by atoms with E-state index in [9.17, 15) is 24.3 Å². The summed E-state index contributed by atoms with van der Waals surface area (Å²) in [4.78, 5) is 47.1. The summed E-state index contributed by atoms with van der Waals surface area (Å²) in [5.74, 6) is -1.95. The Balaban J connectivity index is 1.81. The van der Waals surface area contributed by atoms with E-state index in [4.69, 9.17) is 4.74 Å². The minimum atomic E-state index is -1.58. The number of ether oxygens (including phenoxy) is 2. The minimum absolute atomic E-state index is 0.128. The third kappa shape index (κ3) is 8.74. The maximum absolute atomic E-state index is 12.2. The molecule has 0 aromatic heterocycles. The minimum Gasteiger partial charge on any atom is -0.467 e. The van der Waals surface area contributed by atoms with Gasteiger partial charge >= 0.3 is 11.9 Å². The first kappa shape index (κ1) is 25.5. The number of esters is 2. The molecule has 0 aliphatic heterocycles. The van der Waals surface area contributed by atoms with E-state index in [1.165, 1.54) is 6.92 Å². The molecule has 2 rings (SSSR count). The lowest BCUT2D eigenvalue weighted by Crippen LogP contribution is -2.40. The highest BCUT2D eigenvalue weighted by atomic mass is 16.5. The number of hydrogen-bond acceptors (Lipinski definition) is 7. The van der Waals surface area contributed by atoms with Crippen LogP contribution in [0.4, 0.5) is 5.69 Å². The van der Waals surface area contributed by atoms with Gasteiger partial charge in [-0.2, -0.15) is 0 Å². The maximum Gasteiger partial charge on any atom is 0.337 e. The van der Waals surface area contributed by atoms with Crippen molar-refractivity contribution >= 4 is 29.4 Å². The molecule has 2 aromatic rings. The molecular formula is C24H28N2O7. The SMILES string of the molecule is COC(=O)[C@H](O)[C@@H](NC(C)=O)c1ccc(NC(=O)CCCC(=O)OCc2ccccc2)cc1. The van der Waals surface area contributed by atoms with E-state index in [1.54, 1.807) is 24.3 Å². The van der Waals surface area contributed by atoms with Gasteiger partial charge in [-0.3, -0.25) is 14.4 Å². The van der Waals surface area contributed by atoms with Crippen molar-refractivity contribution in [2.75, 3.05) is 12.4 Å². The number of aliphatic hydroxyl groups is 1. The van der Waals surface area contributed by atoms with Gasteiger partial charge in [-0.1, -0.05) is 42.5 Å². The summed E-state index contributed by atoms with van der Waals surface area (Å²) in [5.41, 5.74) is 1.85. The molecule has 0 spiro atoms. The average molecular weight is 456 g/mol. The predicted octanol–water partition coefficient (Wildman–Crippen LogP) is 2.25. The lowest BCUT2D eigenvalue weighted by atomic mass is 10.0. The summed E-state index contributed by atoms with van der Waals surface area (Å²) in [7, 11) is 1.14. The standard InChI is InChI=1S/C24H28N2O7/c1-16(27)25-22(23(30)24(31)32-2)18-11-13-19(14-12-18)26-20(28)9-6-10-21(29)33-15-17-7-4-3-5-8-17/h3-5,7-8,11-14,22-23,30H,6,9-10,15H2,1-2H3,(H,25,27)(H,26,28)/t22-,23+/m0/s1. The Morgan fingerprint density at radius 1 is 0.970 bits per heavy atom. The van der Waals surface area contributed by atoms with Crippen molar-refractivity contribution in [3.05, 3.63) is 65.7 Å². The summed E-state index contributed by atoms with van der Waals surface area (Å²) in [6.07, 6.45) is -0.977. The van der Waals surface area contributed by atoms with Crippen molar-refractivity contribution in [3.8, 4) is 0 Å². The van der Waals surface area contributed by atoms with Gasteiger partial charge in [0, 0.05) is 25.5 Å². The molecule has 9 heteroatoms. The first-order valence-electron chi connectivity index (χ1n) is 10.4. The molecule has 176 valence electrons. The first-order valence-corrected chi connectivity index (χ1v) is 10.4. The number of rotatable bonds is 11. The monoisotopic (exact) mass is 456 g/mol. The predicted molar refractivity (Wildman–Crippen MR) is 120 cm³/mol. The van der Waals surface area contributed by atoms with Crippen LogP contribution in [0.5, 0.6) is 0 Å². The molecule has 33 heavy (non-hydrogen) atoms. The summed E-state index contributed by atoms with van der Waals surface area (Å²) < 4.78 is 9.72. The summed E-state index contributed by atoms with van der Waals surface area (Å²) in [5, 5.41) is 15.4. The topological polar surface area (TPSA) is 131 Å². The van der Waals surface area contributed by atoms with Gasteiger partial charge in [0.2, 0.25) is 11.8 Å². The molecule has 0 radical (unpaired) electrons. The number of nitrogens with one attached hydrogen (secondary N) is 2.